The minimum Gasteiger partial charge on any atom is -0.503 e. The van der Waals surface area contributed by atoms with Crippen molar-refractivity contribution in [3.63, 3.8) is 0 Å². The van der Waals surface area contributed by atoms with E-state index in [1.807, 2.05) is 43.3 Å². The summed E-state index contributed by atoms with van der Waals surface area (Å²) >= 11 is 4.71. The first kappa shape index (κ1) is 25.1. The van der Waals surface area contributed by atoms with Gasteiger partial charge in [0.05, 0.1) is 27.4 Å². The maximum absolute atomic E-state index is 13.6. The Kier molecular flexibility index (Phi) is 7.98. The van der Waals surface area contributed by atoms with Crippen LogP contribution in [0.1, 0.15) is 37.5 Å². The summed E-state index contributed by atoms with van der Waals surface area (Å²) in [6, 6.07) is 19.5. The van der Waals surface area contributed by atoms with Gasteiger partial charge in [0.25, 0.3) is 5.91 Å². The molecular formula is C28H27BrN2O3S. The summed E-state index contributed by atoms with van der Waals surface area (Å²) in [4.78, 5) is 20.6. The lowest BCUT2D eigenvalue weighted by Crippen LogP contribution is -2.28. The van der Waals surface area contributed by atoms with Crippen molar-refractivity contribution in [3.8, 4) is 11.5 Å². The molecule has 0 aliphatic carbocycles. The van der Waals surface area contributed by atoms with Gasteiger partial charge in [0.15, 0.2) is 16.7 Å². The minimum absolute atomic E-state index is 0.0369. The van der Waals surface area contributed by atoms with Gasteiger partial charge in [0.1, 0.15) is 0 Å². The van der Waals surface area contributed by atoms with Crippen LogP contribution in [0.4, 0.5) is 11.4 Å². The van der Waals surface area contributed by atoms with Crippen LogP contribution in [0.2, 0.25) is 0 Å². The number of carbonyl (C=O) groups excluding carboxylic acids is 1. The number of anilines is 1. The smallest absolute Gasteiger partial charge is 0.271 e. The molecule has 0 bridgehead atoms. The van der Waals surface area contributed by atoms with E-state index in [2.05, 4.69) is 41.9 Å². The SMILES string of the molecule is CCOc1cc(/C=C2/SC(=Nc3ccc(CC)cc3)N(c3ccc(CC)cc3)C2=O)cc(Br)c1O. The van der Waals surface area contributed by atoms with Crippen LogP contribution in [0.25, 0.3) is 6.08 Å². The molecule has 1 heterocycles. The largest absolute Gasteiger partial charge is 0.503 e. The van der Waals surface area contributed by atoms with Crippen LogP contribution >= 0.6 is 27.7 Å². The highest BCUT2D eigenvalue weighted by atomic mass is 79.9. The molecule has 1 fully saturated rings. The van der Waals surface area contributed by atoms with E-state index in [1.165, 1.54) is 22.9 Å². The first-order chi connectivity index (χ1) is 16.9. The predicted molar refractivity (Wildman–Crippen MR) is 149 cm³/mol. The number of rotatable bonds is 7. The third-order valence-corrected chi connectivity index (χ3v) is 7.20. The number of halogens is 1. The van der Waals surface area contributed by atoms with Gasteiger partial charge in [0.2, 0.25) is 0 Å². The fourth-order valence-electron chi connectivity index (χ4n) is 3.67. The van der Waals surface area contributed by atoms with E-state index < -0.39 is 0 Å². The molecule has 5 nitrogen and oxygen atoms in total. The number of carbonyl (C=O) groups is 1. The lowest BCUT2D eigenvalue weighted by atomic mass is 10.1. The van der Waals surface area contributed by atoms with Crippen LogP contribution in [0.5, 0.6) is 11.5 Å². The standard InChI is InChI=1S/C28H27BrN2O3S/c1-4-18-7-11-21(12-8-18)30-28-31(22-13-9-19(5-2)10-14-22)27(33)25(35-28)17-20-15-23(29)26(32)24(16-20)34-6-3/h7-17,32H,4-6H2,1-3H3/b25-17+,30-28?. The lowest BCUT2D eigenvalue weighted by Gasteiger charge is -2.16. The number of ether oxygens (including phenoxy) is 1. The first-order valence-corrected chi connectivity index (χ1v) is 13.2. The summed E-state index contributed by atoms with van der Waals surface area (Å²) in [6.07, 6.45) is 3.69. The second-order valence-corrected chi connectivity index (χ2v) is 9.83. The highest BCUT2D eigenvalue weighted by Gasteiger charge is 2.35. The Morgan fingerprint density at radius 1 is 1.00 bits per heavy atom. The van der Waals surface area contributed by atoms with Crippen LogP contribution in [-0.4, -0.2) is 22.8 Å². The van der Waals surface area contributed by atoms with Crippen LogP contribution < -0.4 is 9.64 Å². The molecule has 3 aromatic rings. The van der Waals surface area contributed by atoms with Crippen molar-refractivity contribution in [2.75, 3.05) is 11.5 Å². The zero-order chi connectivity index (χ0) is 24.9. The number of benzene rings is 3. The number of nitrogens with zero attached hydrogens (tertiary/aromatic N) is 2. The van der Waals surface area contributed by atoms with Crippen LogP contribution in [0.15, 0.2) is 75.0 Å². The van der Waals surface area contributed by atoms with Gasteiger partial charge in [0, 0.05) is 0 Å². The van der Waals surface area contributed by atoms with Crippen LogP contribution in [-0.2, 0) is 17.6 Å². The summed E-state index contributed by atoms with van der Waals surface area (Å²) < 4.78 is 6.05. The van der Waals surface area contributed by atoms with E-state index in [-0.39, 0.29) is 11.7 Å². The molecular weight excluding hydrogens is 524 g/mol. The monoisotopic (exact) mass is 550 g/mol. The Hall–Kier alpha value is -3.03. The average Bonchev–Trinajstić information content (AvgIpc) is 3.17. The van der Waals surface area contributed by atoms with Gasteiger partial charge in [-0.25, -0.2) is 4.99 Å². The Morgan fingerprint density at radius 2 is 1.63 bits per heavy atom. The van der Waals surface area contributed by atoms with Crippen LogP contribution in [0.3, 0.4) is 0 Å². The molecule has 1 aliphatic rings. The summed E-state index contributed by atoms with van der Waals surface area (Å²) in [5.74, 6) is 0.251. The Bertz CT molecular complexity index is 1280. The molecule has 0 atom stereocenters. The average molecular weight is 552 g/mol. The van der Waals surface area contributed by atoms with Crippen molar-refractivity contribution in [1.82, 2.24) is 0 Å². The van der Waals surface area contributed by atoms with Crippen LogP contribution in [0, 0.1) is 0 Å². The van der Waals surface area contributed by atoms with E-state index in [4.69, 9.17) is 9.73 Å². The number of hydrogen-bond acceptors (Lipinski definition) is 5. The molecule has 1 aliphatic heterocycles. The van der Waals surface area contributed by atoms with Crippen molar-refractivity contribution in [2.45, 2.75) is 33.6 Å². The van der Waals surface area contributed by atoms with E-state index in [9.17, 15) is 9.90 Å². The zero-order valence-electron chi connectivity index (χ0n) is 19.9. The normalized spacial score (nSPS) is 15.9. The molecule has 0 unspecified atom stereocenters. The number of aromatic hydroxyl groups is 1. The number of thioether (sulfide) groups is 1. The Balaban J connectivity index is 1.76. The molecule has 3 aromatic carbocycles. The van der Waals surface area contributed by atoms with Gasteiger partial charge in [-0.2, -0.15) is 0 Å². The molecule has 35 heavy (non-hydrogen) atoms. The second kappa shape index (κ2) is 11.1. The maximum Gasteiger partial charge on any atom is 0.271 e. The highest BCUT2D eigenvalue weighted by Crippen LogP contribution is 2.40. The van der Waals surface area contributed by atoms with Crippen molar-refractivity contribution in [3.05, 3.63) is 86.7 Å². The lowest BCUT2D eigenvalue weighted by molar-refractivity contribution is -0.113. The van der Waals surface area contributed by atoms with Crippen molar-refractivity contribution in [2.24, 2.45) is 4.99 Å². The highest BCUT2D eigenvalue weighted by molar-refractivity contribution is 9.10. The van der Waals surface area contributed by atoms with Gasteiger partial charge < -0.3 is 9.84 Å². The summed E-state index contributed by atoms with van der Waals surface area (Å²) in [5.41, 5.74) is 4.74. The van der Waals surface area contributed by atoms with Gasteiger partial charge in [-0.15, -0.1) is 0 Å². The van der Waals surface area contributed by atoms with E-state index in [1.54, 1.807) is 23.1 Å². The number of phenolic OH excluding ortho intramolecular Hbond substituents is 1. The quantitative estimate of drug-likeness (QED) is 0.309. The molecule has 0 spiro atoms. The fraction of sp³-hybridized carbons (Fsp3) is 0.214. The number of aliphatic imine (C=N–C) groups is 1. The number of aryl methyl sites for hydroxylation is 2. The molecule has 1 amide bonds. The van der Waals surface area contributed by atoms with Crippen molar-refractivity contribution < 1.29 is 14.6 Å². The first-order valence-electron chi connectivity index (χ1n) is 11.6. The molecule has 1 N–H and O–H groups in total. The maximum atomic E-state index is 13.6. The molecule has 1 saturated heterocycles. The third kappa shape index (κ3) is 5.63. The Morgan fingerprint density at radius 3 is 2.23 bits per heavy atom. The topological polar surface area (TPSA) is 62.1 Å². The van der Waals surface area contributed by atoms with Gasteiger partial charge in [-0.1, -0.05) is 38.1 Å². The number of hydrogen-bond donors (Lipinski definition) is 1. The molecule has 0 aromatic heterocycles. The number of amides is 1. The van der Waals surface area contributed by atoms with Gasteiger partial charge >= 0.3 is 0 Å². The second-order valence-electron chi connectivity index (χ2n) is 7.97. The number of amidine groups is 1. The predicted octanol–water partition coefficient (Wildman–Crippen LogP) is 7.49. The molecule has 4 rings (SSSR count). The van der Waals surface area contributed by atoms with Crippen molar-refractivity contribution in [1.29, 1.82) is 0 Å². The zero-order valence-corrected chi connectivity index (χ0v) is 22.3. The summed E-state index contributed by atoms with van der Waals surface area (Å²) in [6.45, 7) is 6.49. The minimum atomic E-state index is -0.148. The third-order valence-electron chi connectivity index (χ3n) is 5.63. The molecule has 7 heteroatoms. The fourth-order valence-corrected chi connectivity index (χ4v) is 5.13. The number of phenols is 1. The summed E-state index contributed by atoms with van der Waals surface area (Å²) in [5, 5.41) is 10.8. The van der Waals surface area contributed by atoms with Gasteiger partial charge in [-0.3, -0.25) is 9.69 Å². The van der Waals surface area contributed by atoms with Crippen molar-refractivity contribution >= 4 is 56.2 Å². The Labute approximate surface area is 218 Å². The molecule has 0 saturated carbocycles. The molecule has 0 radical (unpaired) electrons. The van der Waals surface area contributed by atoms with E-state index in [0.29, 0.717) is 26.9 Å². The summed E-state index contributed by atoms with van der Waals surface area (Å²) in [7, 11) is 0. The van der Waals surface area contributed by atoms with Gasteiger partial charge in [-0.05, 0) is 107 Å². The van der Waals surface area contributed by atoms with E-state index >= 15 is 0 Å². The van der Waals surface area contributed by atoms with E-state index in [0.717, 1.165) is 29.8 Å². The molecule has 180 valence electrons.